The molecule has 1 amide bonds. The molecule has 1 N–H and O–H groups in total. The number of nitrogens with zero attached hydrogens (tertiary/aromatic N) is 2. The summed E-state index contributed by atoms with van der Waals surface area (Å²) in [4.78, 5) is 12.6. The number of anilines is 1. The van der Waals surface area contributed by atoms with Crippen LogP contribution in [0.3, 0.4) is 0 Å². The lowest BCUT2D eigenvalue weighted by Crippen LogP contribution is -2.12. The molecule has 1 aromatic heterocycles. The third-order valence-electron chi connectivity index (χ3n) is 2.28. The van der Waals surface area contributed by atoms with E-state index in [1.807, 2.05) is 25.1 Å². The Hall–Kier alpha value is -0.790. The van der Waals surface area contributed by atoms with Crippen LogP contribution in [0.4, 0.5) is 5.69 Å². The summed E-state index contributed by atoms with van der Waals surface area (Å²) in [6.07, 6.45) is 0.695. The summed E-state index contributed by atoms with van der Waals surface area (Å²) in [5, 5.41) is 6.76. The Morgan fingerprint density at radius 2 is 2.22 bits per heavy atom. The molecule has 2 rings (SSSR count). The number of aryl methyl sites for hydroxylation is 1. The van der Waals surface area contributed by atoms with E-state index in [1.165, 1.54) is 0 Å². The van der Waals surface area contributed by atoms with Crippen LogP contribution >= 0.6 is 43.4 Å². The van der Waals surface area contributed by atoms with Gasteiger partial charge in [-0.1, -0.05) is 27.3 Å². The first-order chi connectivity index (χ1) is 8.61. The summed E-state index contributed by atoms with van der Waals surface area (Å²) in [7, 11) is 0. The van der Waals surface area contributed by atoms with E-state index < -0.39 is 0 Å². The van der Waals surface area contributed by atoms with E-state index in [4.69, 9.17) is 0 Å². The minimum absolute atomic E-state index is 0.176. The summed E-state index contributed by atoms with van der Waals surface area (Å²) in [5.41, 5.74) is 1.45. The largest absolute Gasteiger partial charge is 0.320 e. The van der Waals surface area contributed by atoms with Crippen LogP contribution in [0.15, 0.2) is 27.1 Å². The molecule has 7 heteroatoms. The Bertz CT molecular complexity index is 585. The van der Waals surface area contributed by atoms with Crippen LogP contribution in [0.5, 0.6) is 0 Å². The lowest BCUT2D eigenvalue weighted by atomic mass is 10.2. The second-order valence-corrected chi connectivity index (χ2v) is 6.00. The van der Waals surface area contributed by atoms with Crippen molar-refractivity contribution >= 4 is 55.0 Å². The van der Waals surface area contributed by atoms with Gasteiger partial charge in [0, 0.05) is 8.95 Å². The normalized spacial score (nSPS) is 10.4. The predicted molar refractivity (Wildman–Crippen MR) is 79.1 cm³/mol. The van der Waals surface area contributed by atoms with Crippen LogP contribution in [0.2, 0.25) is 0 Å². The topological polar surface area (TPSA) is 54.9 Å². The highest BCUT2D eigenvalue weighted by molar-refractivity contribution is 9.11. The molecular formula is C11H9Br2N3OS. The molecular weight excluding hydrogens is 382 g/mol. The van der Waals surface area contributed by atoms with Crippen molar-refractivity contribution in [2.24, 2.45) is 0 Å². The van der Waals surface area contributed by atoms with Gasteiger partial charge in [-0.3, -0.25) is 4.79 Å². The SMILES string of the molecule is CCc1nnsc1C(=O)Nc1ccc(Br)cc1Br. The first-order valence-electron chi connectivity index (χ1n) is 5.19. The average molecular weight is 391 g/mol. The molecule has 0 saturated heterocycles. The molecule has 0 atom stereocenters. The second kappa shape index (κ2) is 5.90. The molecule has 1 aromatic carbocycles. The van der Waals surface area contributed by atoms with Crippen LogP contribution in [-0.2, 0) is 6.42 Å². The van der Waals surface area contributed by atoms with Crippen LogP contribution in [0.1, 0.15) is 22.3 Å². The fourth-order valence-corrected chi connectivity index (χ4v) is 3.17. The fourth-order valence-electron chi connectivity index (χ4n) is 1.38. The number of nitrogens with one attached hydrogen (secondary N) is 1. The number of halogens is 2. The highest BCUT2D eigenvalue weighted by Crippen LogP contribution is 2.27. The van der Waals surface area contributed by atoms with Crippen molar-refractivity contribution in [2.75, 3.05) is 5.32 Å². The number of hydrogen-bond acceptors (Lipinski definition) is 4. The number of aromatic nitrogens is 2. The third kappa shape index (κ3) is 2.96. The minimum atomic E-state index is -0.176. The fraction of sp³-hybridized carbons (Fsp3) is 0.182. The summed E-state index contributed by atoms with van der Waals surface area (Å²) in [5.74, 6) is -0.176. The summed E-state index contributed by atoms with van der Waals surface area (Å²) in [6.45, 7) is 1.95. The van der Waals surface area contributed by atoms with Gasteiger partial charge >= 0.3 is 0 Å². The average Bonchev–Trinajstić information content (AvgIpc) is 2.81. The van der Waals surface area contributed by atoms with Crippen molar-refractivity contribution in [3.8, 4) is 0 Å². The molecule has 1 heterocycles. The molecule has 94 valence electrons. The highest BCUT2D eigenvalue weighted by Gasteiger charge is 2.15. The van der Waals surface area contributed by atoms with Crippen molar-refractivity contribution in [2.45, 2.75) is 13.3 Å². The molecule has 18 heavy (non-hydrogen) atoms. The number of hydrogen-bond donors (Lipinski definition) is 1. The van der Waals surface area contributed by atoms with Gasteiger partial charge in [-0.2, -0.15) is 0 Å². The van der Waals surface area contributed by atoms with Crippen LogP contribution in [0.25, 0.3) is 0 Å². The van der Waals surface area contributed by atoms with Gasteiger partial charge in [0.15, 0.2) is 0 Å². The molecule has 4 nitrogen and oxygen atoms in total. The maximum atomic E-state index is 12.1. The van der Waals surface area contributed by atoms with Gasteiger partial charge in [0.2, 0.25) is 0 Å². The van der Waals surface area contributed by atoms with E-state index in [2.05, 4.69) is 46.8 Å². The molecule has 0 aliphatic rings. The molecule has 0 fully saturated rings. The van der Waals surface area contributed by atoms with Gasteiger partial charge in [-0.25, -0.2) is 0 Å². The molecule has 0 unspecified atom stereocenters. The summed E-state index contributed by atoms with van der Waals surface area (Å²) in [6, 6.07) is 5.57. The zero-order valence-corrected chi connectivity index (χ0v) is 13.4. The van der Waals surface area contributed by atoms with Gasteiger partial charge in [0.1, 0.15) is 4.88 Å². The number of carbonyl (C=O) groups is 1. The number of amides is 1. The van der Waals surface area contributed by atoms with Crippen LogP contribution in [0, 0.1) is 0 Å². The highest BCUT2D eigenvalue weighted by atomic mass is 79.9. The monoisotopic (exact) mass is 389 g/mol. The van der Waals surface area contributed by atoms with Gasteiger partial charge in [0.05, 0.1) is 11.4 Å². The second-order valence-electron chi connectivity index (χ2n) is 3.48. The Morgan fingerprint density at radius 1 is 1.44 bits per heavy atom. The predicted octanol–water partition coefficient (Wildman–Crippen LogP) is 3.88. The van der Waals surface area contributed by atoms with E-state index in [0.717, 1.165) is 31.9 Å². The lowest BCUT2D eigenvalue weighted by Gasteiger charge is -2.06. The van der Waals surface area contributed by atoms with Crippen molar-refractivity contribution in [1.82, 2.24) is 9.59 Å². The molecule has 2 aromatic rings. The van der Waals surface area contributed by atoms with E-state index >= 15 is 0 Å². The summed E-state index contributed by atoms with van der Waals surface area (Å²) >= 11 is 7.88. The Labute approximate surface area is 125 Å². The van der Waals surface area contributed by atoms with Gasteiger partial charge in [-0.15, -0.1) is 5.10 Å². The van der Waals surface area contributed by atoms with Crippen molar-refractivity contribution < 1.29 is 4.79 Å². The van der Waals surface area contributed by atoms with Gasteiger partial charge < -0.3 is 5.32 Å². The number of carbonyl (C=O) groups excluding carboxylic acids is 1. The molecule has 0 spiro atoms. The van der Waals surface area contributed by atoms with Gasteiger partial charge in [-0.05, 0) is 52.1 Å². The summed E-state index contributed by atoms with van der Waals surface area (Å²) < 4.78 is 5.57. The van der Waals surface area contributed by atoms with Crippen LogP contribution in [-0.4, -0.2) is 15.5 Å². The van der Waals surface area contributed by atoms with Crippen molar-refractivity contribution in [3.63, 3.8) is 0 Å². The Kier molecular flexibility index (Phi) is 4.47. The molecule has 0 aliphatic heterocycles. The van der Waals surface area contributed by atoms with E-state index in [9.17, 15) is 4.79 Å². The van der Waals surface area contributed by atoms with Crippen molar-refractivity contribution in [3.05, 3.63) is 37.7 Å². The standard InChI is InChI=1S/C11H9Br2N3OS/c1-2-8-10(18-16-15-8)11(17)14-9-4-3-6(12)5-7(9)13/h3-5H,2H2,1H3,(H,14,17). The lowest BCUT2D eigenvalue weighted by molar-refractivity contribution is 0.102. The Balaban J connectivity index is 2.21. The zero-order chi connectivity index (χ0) is 13.1. The number of benzene rings is 1. The molecule has 0 radical (unpaired) electrons. The van der Waals surface area contributed by atoms with E-state index in [0.29, 0.717) is 11.3 Å². The third-order valence-corrected chi connectivity index (χ3v) is 4.19. The number of rotatable bonds is 3. The molecule has 0 bridgehead atoms. The van der Waals surface area contributed by atoms with E-state index in [-0.39, 0.29) is 5.91 Å². The van der Waals surface area contributed by atoms with Gasteiger partial charge in [0.25, 0.3) is 5.91 Å². The maximum absolute atomic E-state index is 12.1. The Morgan fingerprint density at radius 3 is 2.89 bits per heavy atom. The minimum Gasteiger partial charge on any atom is -0.320 e. The smallest absolute Gasteiger partial charge is 0.269 e. The molecule has 0 aliphatic carbocycles. The zero-order valence-electron chi connectivity index (χ0n) is 9.41. The molecule has 0 saturated carbocycles. The maximum Gasteiger partial charge on any atom is 0.269 e. The van der Waals surface area contributed by atoms with E-state index in [1.54, 1.807) is 0 Å². The quantitative estimate of drug-likeness (QED) is 0.865. The first kappa shape index (κ1) is 13.6. The van der Waals surface area contributed by atoms with Crippen molar-refractivity contribution in [1.29, 1.82) is 0 Å². The van der Waals surface area contributed by atoms with Crippen LogP contribution < -0.4 is 5.32 Å². The first-order valence-corrected chi connectivity index (χ1v) is 7.55.